The summed E-state index contributed by atoms with van der Waals surface area (Å²) in [5.41, 5.74) is -0.780. The molecule has 21 heavy (non-hydrogen) atoms. The van der Waals surface area contributed by atoms with Crippen LogP contribution in [0.4, 0.5) is 4.79 Å². The molecule has 2 aliphatic heterocycles. The van der Waals surface area contributed by atoms with Gasteiger partial charge in [0.2, 0.25) is 0 Å². The Labute approximate surface area is 123 Å². The van der Waals surface area contributed by atoms with Crippen molar-refractivity contribution in [3.05, 3.63) is 0 Å². The van der Waals surface area contributed by atoms with Crippen molar-refractivity contribution in [2.45, 2.75) is 19.3 Å². The van der Waals surface area contributed by atoms with E-state index in [1.165, 1.54) is 4.90 Å². The zero-order chi connectivity index (χ0) is 15.3. The van der Waals surface area contributed by atoms with Crippen molar-refractivity contribution in [3.8, 4) is 0 Å². The quantitative estimate of drug-likeness (QED) is 0.736. The van der Waals surface area contributed by atoms with E-state index in [0.29, 0.717) is 13.0 Å². The van der Waals surface area contributed by atoms with E-state index in [4.69, 9.17) is 0 Å². The molecule has 7 nitrogen and oxygen atoms in total. The van der Waals surface area contributed by atoms with Gasteiger partial charge in [0.15, 0.2) is 9.84 Å². The summed E-state index contributed by atoms with van der Waals surface area (Å²) < 4.78 is 22.8. The maximum absolute atomic E-state index is 12.5. The van der Waals surface area contributed by atoms with Crippen LogP contribution < -0.4 is 0 Å². The van der Waals surface area contributed by atoms with Crippen molar-refractivity contribution in [3.63, 3.8) is 0 Å². The Hall–Kier alpha value is -1.31. The lowest BCUT2D eigenvalue weighted by molar-refractivity contribution is -0.149. The van der Waals surface area contributed by atoms with Crippen LogP contribution in [0.25, 0.3) is 0 Å². The minimum absolute atomic E-state index is 0.0000813. The van der Waals surface area contributed by atoms with Gasteiger partial charge in [0.1, 0.15) is 0 Å². The zero-order valence-corrected chi connectivity index (χ0v) is 12.6. The molecule has 3 rings (SSSR count). The topological polar surface area (TPSA) is 95.0 Å². The Balaban J connectivity index is 1.69. The van der Waals surface area contributed by atoms with Crippen LogP contribution in [-0.2, 0) is 14.6 Å². The third-order valence-electron chi connectivity index (χ3n) is 5.18. The average Bonchev–Trinajstić information content (AvgIpc) is 2.95. The first kappa shape index (κ1) is 14.6. The molecule has 0 aromatic carbocycles. The first-order chi connectivity index (χ1) is 9.84. The van der Waals surface area contributed by atoms with Crippen LogP contribution in [0.3, 0.4) is 0 Å². The number of carbonyl (C=O) groups excluding carboxylic acids is 1. The van der Waals surface area contributed by atoms with Gasteiger partial charge in [0.25, 0.3) is 0 Å². The summed E-state index contributed by atoms with van der Waals surface area (Å²) in [5, 5.41) is 9.52. The van der Waals surface area contributed by atoms with Gasteiger partial charge < -0.3 is 14.9 Å². The smallest absolute Gasteiger partial charge is 0.320 e. The van der Waals surface area contributed by atoms with E-state index in [1.54, 1.807) is 4.90 Å². The van der Waals surface area contributed by atoms with Crippen molar-refractivity contribution in [2.24, 2.45) is 11.3 Å². The number of carboxylic acids is 1. The molecule has 118 valence electrons. The van der Waals surface area contributed by atoms with Crippen molar-refractivity contribution in [1.82, 2.24) is 9.80 Å². The highest BCUT2D eigenvalue weighted by Crippen LogP contribution is 2.49. The standard InChI is InChI=1S/C13H20N2O5S/c16-11(17)13-3-1-2-10(13)8-15(9-13)12(18)14-4-6-21(19,20)7-5-14/h10H,1-9H2,(H,16,17)/t10-,13+/m0/s1. The molecular formula is C13H20N2O5S. The van der Waals surface area contributed by atoms with Crippen molar-refractivity contribution >= 4 is 21.8 Å². The van der Waals surface area contributed by atoms with Gasteiger partial charge in [-0.3, -0.25) is 4.79 Å². The molecule has 2 heterocycles. The maximum Gasteiger partial charge on any atom is 0.320 e. The molecule has 0 bridgehead atoms. The van der Waals surface area contributed by atoms with E-state index in [-0.39, 0.29) is 43.1 Å². The highest BCUT2D eigenvalue weighted by molar-refractivity contribution is 7.91. The highest BCUT2D eigenvalue weighted by atomic mass is 32.2. The van der Waals surface area contributed by atoms with E-state index < -0.39 is 21.2 Å². The van der Waals surface area contributed by atoms with E-state index >= 15 is 0 Å². The van der Waals surface area contributed by atoms with Crippen molar-refractivity contribution < 1.29 is 23.1 Å². The van der Waals surface area contributed by atoms with Crippen LogP contribution in [0.5, 0.6) is 0 Å². The Morgan fingerprint density at radius 1 is 1.14 bits per heavy atom. The Kier molecular flexibility index (Phi) is 3.38. The lowest BCUT2D eigenvalue weighted by Crippen LogP contribution is -2.50. The monoisotopic (exact) mass is 316 g/mol. The number of rotatable bonds is 1. The number of urea groups is 1. The van der Waals surface area contributed by atoms with Crippen LogP contribution in [0.15, 0.2) is 0 Å². The summed E-state index contributed by atoms with van der Waals surface area (Å²) in [6.07, 6.45) is 2.39. The van der Waals surface area contributed by atoms with Crippen LogP contribution >= 0.6 is 0 Å². The summed E-state index contributed by atoms with van der Waals surface area (Å²) in [7, 11) is -3.02. The largest absolute Gasteiger partial charge is 0.481 e. The van der Waals surface area contributed by atoms with E-state index in [0.717, 1.165) is 12.8 Å². The molecule has 0 unspecified atom stereocenters. The summed E-state index contributed by atoms with van der Waals surface area (Å²) in [5.74, 6) is -0.769. The number of likely N-dealkylation sites (tertiary alicyclic amines) is 1. The van der Waals surface area contributed by atoms with Gasteiger partial charge in [-0.15, -0.1) is 0 Å². The number of sulfone groups is 1. The number of carbonyl (C=O) groups is 2. The lowest BCUT2D eigenvalue weighted by Gasteiger charge is -2.31. The molecule has 0 aromatic heterocycles. The van der Waals surface area contributed by atoms with Gasteiger partial charge in [0.05, 0.1) is 16.9 Å². The van der Waals surface area contributed by atoms with E-state index in [1.807, 2.05) is 0 Å². The van der Waals surface area contributed by atoms with Gasteiger partial charge >= 0.3 is 12.0 Å². The van der Waals surface area contributed by atoms with Crippen LogP contribution in [0.1, 0.15) is 19.3 Å². The third-order valence-corrected chi connectivity index (χ3v) is 6.79. The van der Waals surface area contributed by atoms with Gasteiger partial charge in [0, 0.05) is 26.2 Å². The second-order valence-electron chi connectivity index (χ2n) is 6.35. The molecule has 3 aliphatic rings. The summed E-state index contributed by atoms with van der Waals surface area (Å²) in [6.45, 7) is 1.16. The summed E-state index contributed by atoms with van der Waals surface area (Å²) in [6, 6.07) is -0.208. The predicted molar refractivity (Wildman–Crippen MR) is 74.6 cm³/mol. The molecule has 0 radical (unpaired) electrons. The third kappa shape index (κ3) is 2.39. The van der Waals surface area contributed by atoms with Crippen LogP contribution in [0, 0.1) is 11.3 Å². The molecular weight excluding hydrogens is 296 g/mol. The number of fused-ring (bicyclic) bond motifs is 1. The Bertz CT molecular complexity index is 561. The number of nitrogens with zero attached hydrogens (tertiary/aromatic N) is 2. The lowest BCUT2D eigenvalue weighted by atomic mass is 9.81. The molecule has 1 aliphatic carbocycles. The fourth-order valence-corrected chi connectivity index (χ4v) is 5.09. The second kappa shape index (κ2) is 4.86. The first-order valence-corrected chi connectivity index (χ1v) is 9.14. The predicted octanol–water partition coefficient (Wildman–Crippen LogP) is 0.0235. The fourth-order valence-electron chi connectivity index (χ4n) is 3.89. The molecule has 2 atom stereocenters. The van der Waals surface area contributed by atoms with Gasteiger partial charge in [-0.2, -0.15) is 0 Å². The molecule has 3 fully saturated rings. The first-order valence-electron chi connectivity index (χ1n) is 7.32. The summed E-state index contributed by atoms with van der Waals surface area (Å²) >= 11 is 0. The minimum Gasteiger partial charge on any atom is -0.481 e. The SMILES string of the molecule is O=C(N1CCS(=O)(=O)CC1)N1C[C@@H]2CCC[C@@]2(C(=O)O)C1. The average molecular weight is 316 g/mol. The summed E-state index contributed by atoms with van der Waals surface area (Å²) in [4.78, 5) is 27.2. The van der Waals surface area contributed by atoms with Crippen LogP contribution in [0.2, 0.25) is 0 Å². The Morgan fingerprint density at radius 3 is 2.38 bits per heavy atom. The van der Waals surface area contributed by atoms with Crippen LogP contribution in [-0.4, -0.2) is 73.0 Å². The number of hydrogen-bond acceptors (Lipinski definition) is 4. The number of amides is 2. The molecule has 0 aromatic rings. The molecule has 1 saturated carbocycles. The van der Waals surface area contributed by atoms with E-state index in [9.17, 15) is 23.1 Å². The molecule has 1 N–H and O–H groups in total. The molecule has 8 heteroatoms. The zero-order valence-electron chi connectivity index (χ0n) is 11.8. The van der Waals surface area contributed by atoms with Gasteiger partial charge in [-0.25, -0.2) is 13.2 Å². The minimum atomic E-state index is -3.02. The number of hydrogen-bond donors (Lipinski definition) is 1. The molecule has 2 saturated heterocycles. The molecule has 2 amide bonds. The van der Waals surface area contributed by atoms with Gasteiger partial charge in [-0.1, -0.05) is 6.42 Å². The van der Waals surface area contributed by atoms with E-state index in [2.05, 4.69) is 0 Å². The normalized spacial score (nSPS) is 34.8. The number of carboxylic acid groups (broad SMARTS) is 1. The fraction of sp³-hybridized carbons (Fsp3) is 0.846. The number of aliphatic carboxylic acids is 1. The van der Waals surface area contributed by atoms with Crippen molar-refractivity contribution in [2.75, 3.05) is 37.7 Å². The second-order valence-corrected chi connectivity index (χ2v) is 8.66. The Morgan fingerprint density at radius 2 is 1.81 bits per heavy atom. The molecule has 0 spiro atoms. The van der Waals surface area contributed by atoms with Crippen molar-refractivity contribution in [1.29, 1.82) is 0 Å². The highest BCUT2D eigenvalue weighted by Gasteiger charge is 2.56. The maximum atomic E-state index is 12.5. The van der Waals surface area contributed by atoms with Gasteiger partial charge in [-0.05, 0) is 18.8 Å².